The molecule has 204 valence electrons. The number of primary amides is 1. The highest BCUT2D eigenvalue weighted by molar-refractivity contribution is 5.86. The van der Waals surface area contributed by atoms with Gasteiger partial charge in [0.05, 0.1) is 6.61 Å². The minimum Gasteiger partial charge on any atom is -0.483 e. The Hall–Kier alpha value is -4.11. The number of nitrogens with zero attached hydrogens (tertiary/aromatic N) is 2. The van der Waals surface area contributed by atoms with E-state index in [0.717, 1.165) is 41.6 Å². The molecule has 1 aliphatic rings. The minimum absolute atomic E-state index is 0.318. The summed E-state index contributed by atoms with van der Waals surface area (Å²) in [5.41, 5.74) is 11.1. The molecule has 0 saturated carbocycles. The molecular formula is C30H33FN4O4. The van der Waals surface area contributed by atoms with Gasteiger partial charge in [0.25, 0.3) is 5.91 Å². The molecule has 5 rings (SSSR count). The van der Waals surface area contributed by atoms with Gasteiger partial charge in [0.1, 0.15) is 34.5 Å². The van der Waals surface area contributed by atoms with Crippen LogP contribution in [0, 0.1) is 19.7 Å². The Kier molecular flexibility index (Phi) is 7.70. The number of aromatic nitrogens is 2. The molecule has 3 N–H and O–H groups in total. The fraction of sp³-hybridized carbons (Fsp3) is 0.333. The molecule has 1 fully saturated rings. The van der Waals surface area contributed by atoms with Crippen LogP contribution in [0.25, 0.3) is 16.9 Å². The zero-order valence-electron chi connectivity index (χ0n) is 22.4. The predicted molar refractivity (Wildman–Crippen MR) is 148 cm³/mol. The number of imidazole rings is 1. The fourth-order valence-electron chi connectivity index (χ4n) is 4.92. The predicted octanol–water partition coefficient (Wildman–Crippen LogP) is 5.83. The van der Waals surface area contributed by atoms with Crippen molar-refractivity contribution in [3.8, 4) is 22.8 Å². The van der Waals surface area contributed by atoms with Crippen molar-refractivity contribution in [3.05, 3.63) is 71.2 Å². The average Bonchev–Trinajstić information content (AvgIpc) is 3.26. The van der Waals surface area contributed by atoms with Gasteiger partial charge in [0.2, 0.25) is 0 Å². The third-order valence-corrected chi connectivity index (χ3v) is 6.86. The SMILES string of the molecule is CCc1cc(OC2CCCCO2)cc(OCC(N)=O)c1-c1nc2ccc(F)cn2c1Nc1c(C)cccc1C. The van der Waals surface area contributed by atoms with E-state index in [-0.39, 0.29) is 12.9 Å². The summed E-state index contributed by atoms with van der Waals surface area (Å²) in [6.45, 7) is 6.38. The van der Waals surface area contributed by atoms with Crippen LogP contribution in [0.2, 0.25) is 0 Å². The van der Waals surface area contributed by atoms with Gasteiger partial charge in [-0.05, 0) is 68.0 Å². The quantitative estimate of drug-likeness (QED) is 0.281. The molecule has 8 nitrogen and oxygen atoms in total. The van der Waals surface area contributed by atoms with E-state index in [2.05, 4.69) is 5.32 Å². The van der Waals surface area contributed by atoms with Gasteiger partial charge in [0.15, 0.2) is 12.9 Å². The summed E-state index contributed by atoms with van der Waals surface area (Å²) in [4.78, 5) is 16.6. The number of para-hydroxylation sites is 1. The maximum Gasteiger partial charge on any atom is 0.255 e. The van der Waals surface area contributed by atoms with Crippen molar-refractivity contribution in [2.45, 2.75) is 52.7 Å². The van der Waals surface area contributed by atoms with Gasteiger partial charge in [-0.15, -0.1) is 0 Å². The number of nitrogens with one attached hydrogen (secondary N) is 1. The van der Waals surface area contributed by atoms with Crippen molar-refractivity contribution in [1.82, 2.24) is 9.38 Å². The van der Waals surface area contributed by atoms with Gasteiger partial charge >= 0.3 is 0 Å². The topological polar surface area (TPSA) is 100 Å². The van der Waals surface area contributed by atoms with Crippen molar-refractivity contribution < 1.29 is 23.4 Å². The lowest BCUT2D eigenvalue weighted by molar-refractivity contribution is -0.120. The molecule has 1 unspecified atom stereocenters. The first-order valence-electron chi connectivity index (χ1n) is 13.2. The standard InChI is InChI=1S/C30H33FN4O4/c1-4-20-14-22(39-26-10-5-6-13-37-26)15-23(38-17-24(32)36)27(20)29-30(34-28-18(2)8-7-9-19(28)3)35-16-21(31)11-12-25(35)33-29/h7-9,11-12,14-16,26,34H,4-6,10,13,17H2,1-3H3,(H2,32,36). The summed E-state index contributed by atoms with van der Waals surface area (Å²) in [6, 6.07) is 12.7. The van der Waals surface area contributed by atoms with Gasteiger partial charge in [-0.25, -0.2) is 9.37 Å². The lowest BCUT2D eigenvalue weighted by Crippen LogP contribution is -2.25. The first kappa shape index (κ1) is 26.5. The van der Waals surface area contributed by atoms with Crippen molar-refractivity contribution >= 4 is 23.1 Å². The minimum atomic E-state index is -0.605. The Balaban J connectivity index is 1.69. The lowest BCUT2D eigenvalue weighted by Gasteiger charge is -2.25. The zero-order chi connectivity index (χ0) is 27.5. The molecule has 9 heteroatoms. The van der Waals surface area contributed by atoms with Gasteiger partial charge in [0, 0.05) is 29.9 Å². The van der Waals surface area contributed by atoms with Crippen molar-refractivity contribution in [1.29, 1.82) is 0 Å². The number of fused-ring (bicyclic) bond motifs is 1. The van der Waals surface area contributed by atoms with Crippen LogP contribution in [-0.2, 0) is 16.0 Å². The van der Waals surface area contributed by atoms with Crippen LogP contribution in [0.15, 0.2) is 48.7 Å². The molecule has 1 aliphatic heterocycles. The number of hydrogen-bond acceptors (Lipinski definition) is 6. The maximum absolute atomic E-state index is 14.5. The van der Waals surface area contributed by atoms with E-state index in [0.29, 0.717) is 47.2 Å². The second kappa shape index (κ2) is 11.3. The summed E-state index contributed by atoms with van der Waals surface area (Å²) in [7, 11) is 0. The molecule has 2 aromatic carbocycles. The van der Waals surface area contributed by atoms with Gasteiger partial charge in [-0.1, -0.05) is 25.1 Å². The van der Waals surface area contributed by atoms with Crippen LogP contribution in [-0.4, -0.2) is 34.8 Å². The van der Waals surface area contributed by atoms with Crippen LogP contribution in [0.1, 0.15) is 42.9 Å². The first-order valence-corrected chi connectivity index (χ1v) is 13.2. The molecule has 1 amide bonds. The Morgan fingerprint density at radius 2 is 2.00 bits per heavy atom. The van der Waals surface area contributed by atoms with Gasteiger partial charge < -0.3 is 25.3 Å². The van der Waals surface area contributed by atoms with Gasteiger partial charge in [-0.3, -0.25) is 9.20 Å². The number of ether oxygens (including phenoxy) is 3. The molecular weight excluding hydrogens is 499 g/mol. The number of carbonyl (C=O) groups excluding carboxylic acids is 1. The summed E-state index contributed by atoms with van der Waals surface area (Å²) in [5.74, 6) is 0.540. The highest BCUT2D eigenvalue weighted by Gasteiger charge is 2.25. The average molecular weight is 533 g/mol. The number of carbonyl (C=O) groups is 1. The molecule has 1 saturated heterocycles. The number of rotatable bonds is 9. The second-order valence-electron chi connectivity index (χ2n) is 9.75. The first-order chi connectivity index (χ1) is 18.8. The molecule has 4 aromatic rings. The van der Waals surface area contributed by atoms with E-state index >= 15 is 0 Å². The van der Waals surface area contributed by atoms with E-state index < -0.39 is 11.7 Å². The molecule has 39 heavy (non-hydrogen) atoms. The van der Waals surface area contributed by atoms with E-state index in [1.165, 1.54) is 12.3 Å². The highest BCUT2D eigenvalue weighted by atomic mass is 19.1. The number of nitrogens with two attached hydrogens (primary N) is 1. The highest BCUT2D eigenvalue weighted by Crippen LogP contribution is 2.42. The fourth-order valence-corrected chi connectivity index (χ4v) is 4.92. The number of halogens is 1. The number of aryl methyl sites for hydroxylation is 3. The maximum atomic E-state index is 14.5. The number of pyridine rings is 1. The molecule has 0 spiro atoms. The largest absolute Gasteiger partial charge is 0.483 e. The van der Waals surface area contributed by atoms with Crippen molar-refractivity contribution in [2.75, 3.05) is 18.5 Å². The molecule has 0 radical (unpaired) electrons. The van der Waals surface area contributed by atoms with E-state index in [9.17, 15) is 9.18 Å². The van der Waals surface area contributed by atoms with E-state index in [1.807, 2.05) is 45.0 Å². The van der Waals surface area contributed by atoms with E-state index in [1.54, 1.807) is 16.5 Å². The summed E-state index contributed by atoms with van der Waals surface area (Å²) in [5, 5.41) is 3.52. The van der Waals surface area contributed by atoms with Gasteiger partial charge in [-0.2, -0.15) is 0 Å². The Morgan fingerprint density at radius 3 is 2.69 bits per heavy atom. The van der Waals surface area contributed by atoms with Crippen LogP contribution < -0.4 is 20.5 Å². The summed E-state index contributed by atoms with van der Waals surface area (Å²) < 4.78 is 34.0. The van der Waals surface area contributed by atoms with Crippen molar-refractivity contribution in [2.24, 2.45) is 5.73 Å². The number of hydrogen-bond donors (Lipinski definition) is 2. The third kappa shape index (κ3) is 5.68. The van der Waals surface area contributed by atoms with Crippen molar-refractivity contribution in [3.63, 3.8) is 0 Å². The summed E-state index contributed by atoms with van der Waals surface area (Å²) in [6.07, 6.45) is 4.50. The molecule has 1 atom stereocenters. The Labute approximate surface area is 226 Å². The second-order valence-corrected chi connectivity index (χ2v) is 9.75. The van der Waals surface area contributed by atoms with E-state index in [4.69, 9.17) is 24.9 Å². The monoisotopic (exact) mass is 532 g/mol. The molecule has 3 heterocycles. The van der Waals surface area contributed by atoms with Crippen LogP contribution >= 0.6 is 0 Å². The number of amides is 1. The molecule has 2 aromatic heterocycles. The van der Waals surface area contributed by atoms with Crippen LogP contribution in [0.3, 0.4) is 0 Å². The smallest absolute Gasteiger partial charge is 0.255 e. The summed E-state index contributed by atoms with van der Waals surface area (Å²) >= 11 is 0. The molecule has 0 aliphatic carbocycles. The van der Waals surface area contributed by atoms with Crippen LogP contribution in [0.5, 0.6) is 11.5 Å². The number of anilines is 2. The van der Waals surface area contributed by atoms with Crippen LogP contribution in [0.4, 0.5) is 15.9 Å². The Morgan fingerprint density at radius 1 is 1.21 bits per heavy atom. The lowest BCUT2D eigenvalue weighted by atomic mass is 10.00. The normalized spacial score (nSPS) is 15.3. The third-order valence-electron chi connectivity index (χ3n) is 6.86. The zero-order valence-corrected chi connectivity index (χ0v) is 22.4. The molecule has 0 bridgehead atoms. The number of benzene rings is 2. The Bertz CT molecular complexity index is 1490.